The smallest absolute Gasteiger partial charge is 0.251 e. The van der Waals surface area contributed by atoms with Gasteiger partial charge < -0.3 is 10.2 Å². The molecule has 10 heteroatoms. The number of rotatable bonds is 10. The molecule has 1 amide bonds. The Morgan fingerprint density at radius 3 is 2.34 bits per heavy atom. The van der Waals surface area contributed by atoms with Gasteiger partial charge in [0.1, 0.15) is 11.0 Å². The molecule has 1 fully saturated rings. The van der Waals surface area contributed by atoms with Crippen molar-refractivity contribution in [3.8, 4) is 0 Å². The normalized spacial score (nSPS) is 13.8. The first-order chi connectivity index (χ1) is 19.9. The number of nitrogens with zero attached hydrogens (tertiary/aromatic N) is 4. The van der Waals surface area contributed by atoms with Crippen LogP contribution in [0.3, 0.4) is 0 Å². The van der Waals surface area contributed by atoms with E-state index in [1.54, 1.807) is 12.1 Å². The average Bonchev–Trinajstić information content (AvgIpc) is 2.98. The molecule has 1 aliphatic rings. The number of carbonyl (C=O) groups excluding carboxylic acids is 1. The van der Waals surface area contributed by atoms with E-state index in [1.165, 1.54) is 17.3 Å². The number of anilines is 1. The van der Waals surface area contributed by atoms with E-state index in [4.69, 9.17) is 39.8 Å². The summed E-state index contributed by atoms with van der Waals surface area (Å²) in [5, 5.41) is 5.22. The number of benzene rings is 3. The summed E-state index contributed by atoms with van der Waals surface area (Å²) in [6.07, 6.45) is 0.626. The van der Waals surface area contributed by atoms with Gasteiger partial charge in [0.2, 0.25) is 0 Å². The van der Waals surface area contributed by atoms with E-state index in [9.17, 15) is 4.79 Å². The molecule has 3 aromatic carbocycles. The molecule has 1 aliphatic heterocycles. The van der Waals surface area contributed by atoms with E-state index in [0.717, 1.165) is 49.7 Å². The molecular weight excluding hydrogens is 597 g/mol. The minimum absolute atomic E-state index is 0.124. The van der Waals surface area contributed by atoms with Gasteiger partial charge in [-0.15, -0.1) is 0 Å². The summed E-state index contributed by atoms with van der Waals surface area (Å²) < 4.78 is 0. The molecular formula is C31H30Cl3N5OS. The van der Waals surface area contributed by atoms with E-state index in [-0.39, 0.29) is 5.91 Å². The van der Waals surface area contributed by atoms with Crippen molar-refractivity contribution in [2.75, 3.05) is 37.6 Å². The molecule has 1 aromatic heterocycles. The van der Waals surface area contributed by atoms with Gasteiger partial charge in [-0.1, -0.05) is 95.1 Å². The SMILES string of the molecule is O=C(NCCc1ccc(Cl)cc1Cl)c1ccc(CSc2nc(Cl)cc(N3CCN(Cc4ccccc4)CC3)n2)cc1. The number of hydrogen-bond donors (Lipinski definition) is 1. The van der Waals surface area contributed by atoms with E-state index >= 15 is 0 Å². The van der Waals surface area contributed by atoms with E-state index in [1.807, 2.05) is 42.5 Å². The summed E-state index contributed by atoms with van der Waals surface area (Å²) in [6.45, 7) is 5.15. The van der Waals surface area contributed by atoms with Crippen molar-refractivity contribution in [1.82, 2.24) is 20.2 Å². The van der Waals surface area contributed by atoms with Gasteiger partial charge in [0.15, 0.2) is 5.16 Å². The van der Waals surface area contributed by atoms with E-state index in [0.29, 0.717) is 44.6 Å². The molecule has 0 spiro atoms. The highest BCUT2D eigenvalue weighted by Crippen LogP contribution is 2.26. The number of carbonyl (C=O) groups is 1. The summed E-state index contributed by atoms with van der Waals surface area (Å²) in [5.74, 6) is 1.40. The molecule has 41 heavy (non-hydrogen) atoms. The van der Waals surface area contributed by atoms with Gasteiger partial charge in [0, 0.05) is 66.7 Å². The van der Waals surface area contributed by atoms with Crippen LogP contribution in [0.5, 0.6) is 0 Å². The Morgan fingerprint density at radius 2 is 1.61 bits per heavy atom. The van der Waals surface area contributed by atoms with Crippen molar-refractivity contribution < 1.29 is 4.79 Å². The second-order valence-electron chi connectivity index (χ2n) is 9.81. The second kappa shape index (κ2) is 14.4. The minimum Gasteiger partial charge on any atom is -0.354 e. The van der Waals surface area contributed by atoms with Gasteiger partial charge >= 0.3 is 0 Å². The average molecular weight is 627 g/mol. The Kier molecular flexibility index (Phi) is 10.4. The fourth-order valence-corrected chi connectivity index (χ4v) is 6.17. The lowest BCUT2D eigenvalue weighted by atomic mass is 10.1. The molecule has 4 aromatic rings. The fourth-order valence-electron chi connectivity index (χ4n) is 4.63. The number of nitrogens with one attached hydrogen (secondary N) is 1. The number of aromatic nitrogens is 2. The molecule has 0 aliphatic carbocycles. The lowest BCUT2D eigenvalue weighted by Crippen LogP contribution is -2.46. The monoisotopic (exact) mass is 625 g/mol. The lowest BCUT2D eigenvalue weighted by Gasteiger charge is -2.35. The number of halogens is 3. The van der Waals surface area contributed by atoms with Gasteiger partial charge in [-0.3, -0.25) is 9.69 Å². The van der Waals surface area contributed by atoms with Crippen molar-refractivity contribution in [2.24, 2.45) is 0 Å². The standard InChI is InChI=1S/C31H30Cl3N5OS/c32-26-11-10-24(27(33)18-26)12-13-35-30(40)25-8-6-23(7-9-25)21-41-31-36-28(34)19-29(37-31)39-16-14-38(15-17-39)20-22-4-2-1-3-5-22/h1-11,18-19H,12-17,20-21H2,(H,35,40). The van der Waals surface area contributed by atoms with Crippen LogP contribution in [0.2, 0.25) is 15.2 Å². The van der Waals surface area contributed by atoms with E-state index < -0.39 is 0 Å². The van der Waals surface area contributed by atoms with Gasteiger partial charge in [-0.05, 0) is 47.4 Å². The molecule has 2 heterocycles. The molecule has 1 N–H and O–H groups in total. The molecule has 212 valence electrons. The maximum absolute atomic E-state index is 12.6. The second-order valence-corrected chi connectivity index (χ2v) is 12.0. The Bertz CT molecular complexity index is 1460. The van der Waals surface area contributed by atoms with E-state index in [2.05, 4.69) is 44.4 Å². The first-order valence-corrected chi connectivity index (χ1v) is 15.5. The van der Waals surface area contributed by atoms with Gasteiger partial charge in [0.05, 0.1) is 0 Å². The molecule has 1 saturated heterocycles. The molecule has 6 nitrogen and oxygen atoms in total. The Balaban J connectivity index is 1.10. The number of piperazine rings is 1. The quantitative estimate of drug-likeness (QED) is 0.116. The highest BCUT2D eigenvalue weighted by atomic mass is 35.5. The van der Waals surface area contributed by atoms with Crippen LogP contribution in [-0.2, 0) is 18.7 Å². The zero-order valence-electron chi connectivity index (χ0n) is 22.4. The lowest BCUT2D eigenvalue weighted by molar-refractivity contribution is 0.0954. The molecule has 0 bridgehead atoms. The third-order valence-electron chi connectivity index (χ3n) is 6.89. The molecule has 0 radical (unpaired) electrons. The third-order valence-corrected chi connectivity index (χ3v) is 8.58. The summed E-state index contributed by atoms with van der Waals surface area (Å²) >= 11 is 20.1. The first kappa shape index (κ1) is 29.7. The molecule has 0 saturated carbocycles. The number of amides is 1. The largest absolute Gasteiger partial charge is 0.354 e. The highest BCUT2D eigenvalue weighted by molar-refractivity contribution is 7.98. The van der Waals surface area contributed by atoms with Crippen LogP contribution < -0.4 is 10.2 Å². The highest BCUT2D eigenvalue weighted by Gasteiger charge is 2.19. The summed E-state index contributed by atoms with van der Waals surface area (Å²) in [7, 11) is 0. The summed E-state index contributed by atoms with van der Waals surface area (Å²) in [5.41, 5.74) is 3.95. The van der Waals surface area contributed by atoms with Crippen LogP contribution in [0.25, 0.3) is 0 Å². The van der Waals surface area contributed by atoms with Gasteiger partial charge in [-0.2, -0.15) is 0 Å². The fraction of sp³-hybridized carbons (Fsp3) is 0.258. The third kappa shape index (κ3) is 8.60. The summed E-state index contributed by atoms with van der Waals surface area (Å²) in [4.78, 5) is 26.5. The van der Waals surface area contributed by atoms with Crippen molar-refractivity contribution in [3.63, 3.8) is 0 Å². The van der Waals surface area contributed by atoms with Crippen molar-refractivity contribution in [3.05, 3.63) is 116 Å². The van der Waals surface area contributed by atoms with Crippen molar-refractivity contribution in [1.29, 1.82) is 0 Å². The number of hydrogen-bond acceptors (Lipinski definition) is 6. The molecule has 0 atom stereocenters. The van der Waals surface area contributed by atoms with Crippen LogP contribution in [-0.4, -0.2) is 53.5 Å². The van der Waals surface area contributed by atoms with Crippen LogP contribution in [0.4, 0.5) is 5.82 Å². The molecule has 0 unspecified atom stereocenters. The Hall–Kier alpha value is -2.81. The predicted molar refractivity (Wildman–Crippen MR) is 169 cm³/mol. The maximum atomic E-state index is 12.6. The van der Waals surface area contributed by atoms with Crippen LogP contribution in [0.1, 0.15) is 27.0 Å². The minimum atomic E-state index is -0.124. The van der Waals surface area contributed by atoms with Crippen molar-refractivity contribution >= 4 is 58.3 Å². The van der Waals surface area contributed by atoms with Crippen molar-refractivity contribution in [2.45, 2.75) is 23.9 Å². The van der Waals surface area contributed by atoms with Gasteiger partial charge in [0.25, 0.3) is 5.91 Å². The summed E-state index contributed by atoms with van der Waals surface area (Å²) in [6, 6.07) is 25.4. The zero-order chi connectivity index (χ0) is 28.6. The Morgan fingerprint density at radius 1 is 0.854 bits per heavy atom. The topological polar surface area (TPSA) is 61.4 Å². The Labute approximate surface area is 260 Å². The van der Waals surface area contributed by atoms with Crippen LogP contribution >= 0.6 is 46.6 Å². The van der Waals surface area contributed by atoms with Crippen LogP contribution in [0.15, 0.2) is 84.0 Å². The predicted octanol–water partition coefficient (Wildman–Crippen LogP) is 7.02. The zero-order valence-corrected chi connectivity index (χ0v) is 25.5. The van der Waals surface area contributed by atoms with Crippen LogP contribution in [0, 0.1) is 0 Å². The molecule has 5 rings (SSSR count). The first-order valence-electron chi connectivity index (χ1n) is 13.4. The number of thioether (sulfide) groups is 1. The maximum Gasteiger partial charge on any atom is 0.251 e. The van der Waals surface area contributed by atoms with Gasteiger partial charge in [-0.25, -0.2) is 9.97 Å².